The summed E-state index contributed by atoms with van der Waals surface area (Å²) in [4.78, 5) is 35.7. The van der Waals surface area contributed by atoms with E-state index < -0.39 is 28.6 Å². The number of hydrogen-bond acceptors (Lipinski definition) is 4. The van der Waals surface area contributed by atoms with Gasteiger partial charge in [-0.3, -0.25) is 9.78 Å². The Bertz CT molecular complexity index is 1280. The molecule has 1 heterocycles. The molecule has 0 spiro atoms. The number of hydrogen-bond donors (Lipinski definition) is 2. The molecule has 0 bridgehead atoms. The van der Waals surface area contributed by atoms with Crippen molar-refractivity contribution in [2.45, 2.75) is 57.0 Å². The quantitative estimate of drug-likeness (QED) is 0.545. The summed E-state index contributed by atoms with van der Waals surface area (Å²) in [6, 6.07) is 7.84. The largest absolute Gasteiger partial charge is 0.402 e. The number of halogens is 4. The number of nitrogens with one attached hydrogen (secondary N) is 2. The Labute approximate surface area is 205 Å². The predicted octanol–water partition coefficient (Wildman–Crippen LogP) is 4.91. The number of allylic oxidation sites excluding steroid dienone is 2. The topological polar surface area (TPSA) is 87.7 Å². The fourth-order valence-corrected chi connectivity index (χ4v) is 4.01. The minimum Gasteiger partial charge on any atom is -0.351 e. The maximum absolute atomic E-state index is 13.1. The van der Waals surface area contributed by atoms with Crippen LogP contribution in [-0.2, 0) is 10.2 Å². The van der Waals surface area contributed by atoms with Gasteiger partial charge in [0, 0.05) is 17.7 Å². The molecule has 1 amide bonds. The normalized spacial score (nSPS) is 19.6. The Hall–Kier alpha value is -2.94. The zero-order chi connectivity index (χ0) is 25.6. The number of nitrogens with zero attached hydrogens (tertiary/aromatic N) is 2. The number of carbonyl (C=O) groups is 1. The summed E-state index contributed by atoms with van der Waals surface area (Å²) < 4.78 is 39.4. The molecule has 6 nitrogen and oxygen atoms in total. The lowest BCUT2D eigenvalue weighted by molar-refractivity contribution is -0.211. The maximum atomic E-state index is 13.1. The van der Waals surface area contributed by atoms with E-state index in [0.717, 1.165) is 32.3 Å². The van der Waals surface area contributed by atoms with Gasteiger partial charge in [0.1, 0.15) is 11.2 Å². The molecule has 0 saturated heterocycles. The third-order valence-corrected chi connectivity index (χ3v) is 7.15. The highest BCUT2D eigenvalue weighted by Crippen LogP contribution is 2.48. The summed E-state index contributed by atoms with van der Waals surface area (Å²) in [7, 11) is 0. The summed E-state index contributed by atoms with van der Waals surface area (Å²) >= 11 is 6.48. The standard InChI is InChI=1S/C25H26ClF3N4O2/c1-23(2,25(27,28)29)21(34)30-13-14-7-8-18(26)17(11-14)20-31-19(32-22(35)33-20)15-5-4-6-16(12-15)24(3)9-10-24/h4-7,11-12,18H,8-10,13H2,1-3H3,(H,30,34)(H,31,32,33,35). The van der Waals surface area contributed by atoms with Gasteiger partial charge in [-0.25, -0.2) is 9.78 Å². The van der Waals surface area contributed by atoms with Gasteiger partial charge in [-0.15, -0.1) is 11.6 Å². The Morgan fingerprint density at radius 3 is 2.63 bits per heavy atom. The van der Waals surface area contributed by atoms with Crippen LogP contribution in [0.25, 0.3) is 17.0 Å². The Morgan fingerprint density at radius 2 is 1.97 bits per heavy atom. The van der Waals surface area contributed by atoms with E-state index in [4.69, 9.17) is 11.6 Å². The second-order valence-electron chi connectivity index (χ2n) is 9.85. The molecule has 35 heavy (non-hydrogen) atoms. The van der Waals surface area contributed by atoms with Gasteiger partial charge in [0.2, 0.25) is 5.91 Å². The molecule has 1 atom stereocenters. The van der Waals surface area contributed by atoms with Crippen LogP contribution in [0.4, 0.5) is 13.2 Å². The van der Waals surface area contributed by atoms with Crippen molar-refractivity contribution in [3.05, 3.63) is 63.9 Å². The van der Waals surface area contributed by atoms with Gasteiger partial charge in [0.05, 0.1) is 5.38 Å². The Kier molecular flexibility index (Phi) is 6.42. The maximum Gasteiger partial charge on any atom is 0.402 e. The molecule has 1 saturated carbocycles. The number of H-pyrrole nitrogens is 1. The number of amides is 1. The summed E-state index contributed by atoms with van der Waals surface area (Å²) in [5.74, 6) is -0.640. The van der Waals surface area contributed by atoms with Crippen LogP contribution in [0.3, 0.4) is 0 Å². The predicted molar refractivity (Wildman–Crippen MR) is 128 cm³/mol. The number of benzene rings is 1. The zero-order valence-electron chi connectivity index (χ0n) is 19.6. The first-order valence-electron chi connectivity index (χ1n) is 11.3. The Balaban J connectivity index is 1.59. The van der Waals surface area contributed by atoms with Crippen LogP contribution in [0.15, 0.2) is 46.8 Å². The van der Waals surface area contributed by atoms with Crippen LogP contribution < -0.4 is 11.0 Å². The highest BCUT2D eigenvalue weighted by molar-refractivity contribution is 6.26. The van der Waals surface area contributed by atoms with Crippen molar-refractivity contribution in [2.75, 3.05) is 6.54 Å². The molecule has 1 fully saturated rings. The zero-order valence-corrected chi connectivity index (χ0v) is 20.3. The first-order valence-corrected chi connectivity index (χ1v) is 11.7. The van der Waals surface area contributed by atoms with Gasteiger partial charge < -0.3 is 5.32 Å². The number of carbonyl (C=O) groups excluding carboxylic acids is 1. The second kappa shape index (κ2) is 8.93. The molecular weight excluding hydrogens is 481 g/mol. The van der Waals surface area contributed by atoms with Crippen molar-refractivity contribution in [3.63, 3.8) is 0 Å². The van der Waals surface area contributed by atoms with E-state index in [9.17, 15) is 22.8 Å². The molecule has 2 aliphatic rings. The van der Waals surface area contributed by atoms with Crippen LogP contribution >= 0.6 is 11.6 Å². The molecule has 0 aliphatic heterocycles. The number of alkyl halides is 4. The molecular formula is C25H26ClF3N4O2. The third-order valence-electron chi connectivity index (χ3n) is 6.74. The van der Waals surface area contributed by atoms with E-state index >= 15 is 0 Å². The third kappa shape index (κ3) is 5.19. The van der Waals surface area contributed by atoms with Crippen LogP contribution in [0.1, 0.15) is 51.4 Å². The molecule has 2 aromatic rings. The van der Waals surface area contributed by atoms with Gasteiger partial charge in [0.15, 0.2) is 5.82 Å². The molecule has 186 valence electrons. The van der Waals surface area contributed by atoms with Gasteiger partial charge in [-0.2, -0.15) is 18.2 Å². The minimum absolute atomic E-state index is 0.123. The number of aromatic amines is 1. The summed E-state index contributed by atoms with van der Waals surface area (Å²) in [5, 5.41) is 1.80. The number of aromatic nitrogens is 3. The molecule has 1 unspecified atom stereocenters. The summed E-state index contributed by atoms with van der Waals surface area (Å²) in [6.45, 7) is 3.73. The molecule has 2 aliphatic carbocycles. The van der Waals surface area contributed by atoms with Crippen molar-refractivity contribution in [1.82, 2.24) is 20.3 Å². The fraction of sp³-hybridized carbons (Fsp3) is 0.440. The lowest BCUT2D eigenvalue weighted by Crippen LogP contribution is -2.47. The lowest BCUT2D eigenvalue weighted by Gasteiger charge is -2.27. The molecule has 1 aromatic carbocycles. The molecule has 2 N–H and O–H groups in total. The lowest BCUT2D eigenvalue weighted by atomic mass is 9.91. The second-order valence-corrected chi connectivity index (χ2v) is 10.4. The average Bonchev–Trinajstić information content (AvgIpc) is 3.55. The Morgan fingerprint density at radius 1 is 1.26 bits per heavy atom. The van der Waals surface area contributed by atoms with Crippen molar-refractivity contribution in [2.24, 2.45) is 5.41 Å². The van der Waals surface area contributed by atoms with E-state index in [-0.39, 0.29) is 17.8 Å². The van der Waals surface area contributed by atoms with Crippen LogP contribution in [0.2, 0.25) is 0 Å². The van der Waals surface area contributed by atoms with E-state index in [1.54, 1.807) is 12.2 Å². The fourth-order valence-electron chi connectivity index (χ4n) is 3.76. The van der Waals surface area contributed by atoms with Gasteiger partial charge in [-0.05, 0) is 61.8 Å². The van der Waals surface area contributed by atoms with E-state index in [2.05, 4.69) is 33.3 Å². The molecule has 0 radical (unpaired) electrons. The van der Waals surface area contributed by atoms with Crippen molar-refractivity contribution in [3.8, 4) is 11.4 Å². The highest BCUT2D eigenvalue weighted by Gasteiger charge is 2.52. The van der Waals surface area contributed by atoms with Crippen LogP contribution in [0.5, 0.6) is 0 Å². The first kappa shape index (κ1) is 25.2. The monoisotopic (exact) mass is 506 g/mol. The van der Waals surface area contributed by atoms with E-state index in [1.165, 1.54) is 5.56 Å². The average molecular weight is 507 g/mol. The molecule has 4 rings (SSSR count). The smallest absolute Gasteiger partial charge is 0.351 e. The minimum atomic E-state index is -4.68. The van der Waals surface area contributed by atoms with E-state index in [1.807, 2.05) is 18.2 Å². The van der Waals surface area contributed by atoms with Crippen molar-refractivity contribution >= 4 is 23.1 Å². The SMILES string of the molecule is CC1(c2cccc(-c3nc(C4=CC(CNC(=O)C(C)(C)C(F)(F)F)=CCC4Cl)nc(=O)[nH]3)c2)CC1. The van der Waals surface area contributed by atoms with Crippen LogP contribution in [0, 0.1) is 5.41 Å². The highest BCUT2D eigenvalue weighted by atomic mass is 35.5. The first-order chi connectivity index (χ1) is 16.3. The molecule has 10 heteroatoms. The number of rotatable bonds is 6. The van der Waals surface area contributed by atoms with Gasteiger partial charge in [-0.1, -0.05) is 31.2 Å². The van der Waals surface area contributed by atoms with Crippen molar-refractivity contribution in [1.29, 1.82) is 0 Å². The van der Waals surface area contributed by atoms with Crippen molar-refractivity contribution < 1.29 is 18.0 Å². The van der Waals surface area contributed by atoms with Gasteiger partial charge in [0.25, 0.3) is 0 Å². The van der Waals surface area contributed by atoms with Gasteiger partial charge >= 0.3 is 11.9 Å². The van der Waals surface area contributed by atoms with E-state index in [0.29, 0.717) is 23.4 Å². The summed E-state index contributed by atoms with van der Waals surface area (Å²) in [5.41, 5.74) is -0.0372. The molecule has 1 aromatic heterocycles. The summed E-state index contributed by atoms with van der Waals surface area (Å²) in [6.07, 6.45) is 1.23. The van der Waals surface area contributed by atoms with Crippen LogP contribution in [-0.4, -0.2) is 39.0 Å².